The number of fused-ring (bicyclic) bond motifs is 1. The van der Waals surface area contributed by atoms with Crippen LogP contribution in [0.15, 0.2) is 64.8 Å². The molecule has 0 spiro atoms. The van der Waals surface area contributed by atoms with Crippen molar-refractivity contribution in [2.75, 3.05) is 0 Å². The summed E-state index contributed by atoms with van der Waals surface area (Å²) in [7, 11) is 0. The monoisotopic (exact) mass is 270 g/mol. The molecule has 0 aliphatic rings. The molecule has 19 heavy (non-hydrogen) atoms. The maximum atomic E-state index is 10.8. The number of carboxylic acids is 1. The second-order valence-electron chi connectivity index (χ2n) is 3.95. The first kappa shape index (κ1) is 11.8. The van der Waals surface area contributed by atoms with Crippen LogP contribution in [0.2, 0.25) is 0 Å². The molecule has 0 amide bonds. The highest BCUT2D eigenvalue weighted by Crippen LogP contribution is 2.28. The summed E-state index contributed by atoms with van der Waals surface area (Å²) in [6, 6.07) is 12.7. The molecule has 0 saturated heterocycles. The quantitative estimate of drug-likeness (QED) is 0.794. The first-order chi connectivity index (χ1) is 9.24. The van der Waals surface area contributed by atoms with Gasteiger partial charge in [0.2, 0.25) is 0 Å². The first-order valence-corrected chi connectivity index (χ1v) is 6.49. The van der Waals surface area contributed by atoms with Gasteiger partial charge in [-0.05, 0) is 36.4 Å². The van der Waals surface area contributed by atoms with Gasteiger partial charge in [0.1, 0.15) is 5.65 Å². The van der Waals surface area contributed by atoms with Crippen LogP contribution in [-0.4, -0.2) is 20.5 Å². The average molecular weight is 270 g/mol. The fourth-order valence-electron chi connectivity index (χ4n) is 1.79. The van der Waals surface area contributed by atoms with Crippen LogP contribution in [0.25, 0.3) is 5.65 Å². The maximum Gasteiger partial charge on any atom is 0.335 e. The largest absolute Gasteiger partial charge is 0.478 e. The molecule has 0 saturated carbocycles. The Labute approximate surface area is 113 Å². The molecule has 1 aromatic carbocycles. The Hall–Kier alpha value is -2.27. The van der Waals surface area contributed by atoms with E-state index in [2.05, 4.69) is 4.98 Å². The van der Waals surface area contributed by atoms with Crippen molar-refractivity contribution >= 4 is 23.4 Å². The van der Waals surface area contributed by atoms with Crippen molar-refractivity contribution in [3.8, 4) is 0 Å². The van der Waals surface area contributed by atoms with Crippen molar-refractivity contribution in [2.24, 2.45) is 0 Å². The minimum Gasteiger partial charge on any atom is -0.478 e. The number of aromatic nitrogens is 2. The zero-order valence-corrected chi connectivity index (χ0v) is 10.7. The predicted octanol–water partition coefficient (Wildman–Crippen LogP) is 3.18. The third-order valence-electron chi connectivity index (χ3n) is 2.71. The Morgan fingerprint density at radius 2 is 1.95 bits per heavy atom. The number of rotatable bonds is 3. The molecule has 0 aliphatic carbocycles. The SMILES string of the molecule is O=C(O)c1ccc(Sc2cccc3nccn23)cc1. The lowest BCUT2D eigenvalue weighted by atomic mass is 10.2. The van der Waals surface area contributed by atoms with E-state index in [1.807, 2.05) is 40.9 Å². The van der Waals surface area contributed by atoms with Crippen LogP contribution >= 0.6 is 11.8 Å². The third kappa shape index (κ3) is 2.32. The number of benzene rings is 1. The summed E-state index contributed by atoms with van der Waals surface area (Å²) in [6.45, 7) is 0. The van der Waals surface area contributed by atoms with E-state index in [9.17, 15) is 4.79 Å². The van der Waals surface area contributed by atoms with E-state index in [1.165, 1.54) is 0 Å². The van der Waals surface area contributed by atoms with Gasteiger partial charge in [0.05, 0.1) is 10.6 Å². The molecule has 0 fully saturated rings. The van der Waals surface area contributed by atoms with E-state index >= 15 is 0 Å². The van der Waals surface area contributed by atoms with Crippen LogP contribution in [-0.2, 0) is 0 Å². The van der Waals surface area contributed by atoms with Crippen LogP contribution in [0.1, 0.15) is 10.4 Å². The predicted molar refractivity (Wildman–Crippen MR) is 72.7 cm³/mol. The summed E-state index contributed by atoms with van der Waals surface area (Å²) in [5, 5.41) is 9.90. The fraction of sp³-hybridized carbons (Fsp3) is 0. The lowest BCUT2D eigenvalue weighted by Crippen LogP contribution is -1.95. The molecule has 3 aromatic rings. The van der Waals surface area contributed by atoms with E-state index in [0.717, 1.165) is 15.6 Å². The van der Waals surface area contributed by atoms with E-state index in [4.69, 9.17) is 5.11 Å². The summed E-state index contributed by atoms with van der Waals surface area (Å²) < 4.78 is 2.00. The number of hydrogen-bond acceptors (Lipinski definition) is 3. The number of imidazole rings is 1. The number of hydrogen-bond donors (Lipinski definition) is 1. The molecule has 2 heterocycles. The Kier molecular flexibility index (Phi) is 2.97. The van der Waals surface area contributed by atoms with Crippen LogP contribution in [0.4, 0.5) is 0 Å². The van der Waals surface area contributed by atoms with Crippen molar-refractivity contribution in [1.82, 2.24) is 9.38 Å². The van der Waals surface area contributed by atoms with Crippen molar-refractivity contribution in [2.45, 2.75) is 9.92 Å². The van der Waals surface area contributed by atoms with Gasteiger partial charge >= 0.3 is 5.97 Å². The molecule has 2 aromatic heterocycles. The number of carbonyl (C=O) groups is 1. The standard InChI is InChI=1S/C14H10N2O2S/c17-14(18)10-4-6-11(7-5-10)19-13-3-1-2-12-15-8-9-16(12)13/h1-9H,(H,17,18). The number of carboxylic acid groups (broad SMARTS) is 1. The highest BCUT2D eigenvalue weighted by molar-refractivity contribution is 7.99. The fourth-order valence-corrected chi connectivity index (χ4v) is 2.70. The normalized spacial score (nSPS) is 10.7. The Morgan fingerprint density at radius 1 is 1.16 bits per heavy atom. The molecule has 4 nitrogen and oxygen atoms in total. The molecular weight excluding hydrogens is 260 g/mol. The van der Waals surface area contributed by atoms with Crippen LogP contribution < -0.4 is 0 Å². The lowest BCUT2D eigenvalue weighted by molar-refractivity contribution is 0.0697. The minimum atomic E-state index is -0.909. The van der Waals surface area contributed by atoms with Crippen molar-refractivity contribution in [3.63, 3.8) is 0 Å². The van der Waals surface area contributed by atoms with Gasteiger partial charge in [-0.2, -0.15) is 0 Å². The van der Waals surface area contributed by atoms with E-state index in [-0.39, 0.29) is 0 Å². The molecule has 3 rings (SSSR count). The van der Waals surface area contributed by atoms with Crippen molar-refractivity contribution in [3.05, 3.63) is 60.4 Å². The first-order valence-electron chi connectivity index (χ1n) is 5.67. The zero-order chi connectivity index (χ0) is 13.2. The Balaban J connectivity index is 1.92. The van der Waals surface area contributed by atoms with Gasteiger partial charge < -0.3 is 5.11 Å². The van der Waals surface area contributed by atoms with Gasteiger partial charge in [0.15, 0.2) is 0 Å². The van der Waals surface area contributed by atoms with E-state index in [0.29, 0.717) is 5.56 Å². The highest BCUT2D eigenvalue weighted by Gasteiger charge is 2.05. The highest BCUT2D eigenvalue weighted by atomic mass is 32.2. The van der Waals surface area contributed by atoms with Gasteiger partial charge in [-0.15, -0.1) is 0 Å². The molecule has 1 N–H and O–H groups in total. The zero-order valence-electron chi connectivity index (χ0n) is 9.85. The van der Waals surface area contributed by atoms with Gasteiger partial charge in [0, 0.05) is 17.3 Å². The van der Waals surface area contributed by atoms with Crippen LogP contribution in [0.3, 0.4) is 0 Å². The Morgan fingerprint density at radius 3 is 2.68 bits per heavy atom. The molecule has 5 heteroatoms. The summed E-state index contributed by atoms with van der Waals surface area (Å²) in [6.07, 6.45) is 3.66. The molecule has 0 radical (unpaired) electrons. The van der Waals surface area contributed by atoms with E-state index in [1.54, 1.807) is 30.1 Å². The van der Waals surface area contributed by atoms with Crippen molar-refractivity contribution in [1.29, 1.82) is 0 Å². The molecular formula is C14H10N2O2S. The molecule has 94 valence electrons. The smallest absolute Gasteiger partial charge is 0.335 e. The molecule has 0 aliphatic heterocycles. The number of aromatic carboxylic acids is 1. The van der Waals surface area contributed by atoms with Gasteiger partial charge in [-0.3, -0.25) is 4.40 Å². The van der Waals surface area contributed by atoms with Gasteiger partial charge in [0.25, 0.3) is 0 Å². The maximum absolute atomic E-state index is 10.8. The number of pyridine rings is 1. The lowest BCUT2D eigenvalue weighted by Gasteiger charge is -2.05. The van der Waals surface area contributed by atoms with Gasteiger partial charge in [-0.25, -0.2) is 9.78 Å². The summed E-state index contributed by atoms with van der Waals surface area (Å²) in [5.74, 6) is -0.909. The third-order valence-corrected chi connectivity index (χ3v) is 3.76. The van der Waals surface area contributed by atoms with Crippen molar-refractivity contribution < 1.29 is 9.90 Å². The number of nitrogens with zero attached hydrogens (tertiary/aromatic N) is 2. The minimum absolute atomic E-state index is 0.296. The second-order valence-corrected chi connectivity index (χ2v) is 5.04. The average Bonchev–Trinajstić information content (AvgIpc) is 2.89. The molecule has 0 atom stereocenters. The topological polar surface area (TPSA) is 54.6 Å². The van der Waals surface area contributed by atoms with Crippen LogP contribution in [0, 0.1) is 0 Å². The van der Waals surface area contributed by atoms with E-state index < -0.39 is 5.97 Å². The summed E-state index contributed by atoms with van der Waals surface area (Å²) in [5.41, 5.74) is 1.19. The van der Waals surface area contributed by atoms with Crippen LogP contribution in [0.5, 0.6) is 0 Å². The Bertz CT molecular complexity index is 735. The molecule has 0 unspecified atom stereocenters. The molecule has 0 bridgehead atoms. The summed E-state index contributed by atoms with van der Waals surface area (Å²) >= 11 is 1.57. The van der Waals surface area contributed by atoms with Gasteiger partial charge in [-0.1, -0.05) is 17.8 Å². The summed E-state index contributed by atoms with van der Waals surface area (Å²) in [4.78, 5) is 16.0. The second kappa shape index (κ2) is 4.78.